The number of benzene rings is 1. The van der Waals surface area contributed by atoms with Crippen LogP contribution in [0, 0.1) is 5.92 Å². The molecule has 0 aliphatic carbocycles. The Morgan fingerprint density at radius 2 is 2.05 bits per heavy atom. The van der Waals surface area contributed by atoms with Gasteiger partial charge in [-0.25, -0.2) is 4.79 Å². The summed E-state index contributed by atoms with van der Waals surface area (Å²) < 4.78 is 5.47. The number of amides is 1. The topological polar surface area (TPSA) is 75.6 Å². The molecule has 21 heavy (non-hydrogen) atoms. The van der Waals surface area contributed by atoms with Gasteiger partial charge in [-0.3, -0.25) is 4.79 Å². The summed E-state index contributed by atoms with van der Waals surface area (Å²) in [5.74, 6) is -0.619. The van der Waals surface area contributed by atoms with Gasteiger partial charge in [0.2, 0.25) is 0 Å². The Hall–Kier alpha value is -2.04. The molecule has 1 amide bonds. The maximum Gasteiger partial charge on any atom is 0.326 e. The van der Waals surface area contributed by atoms with E-state index in [0.717, 1.165) is 6.42 Å². The Bertz CT molecular complexity index is 485. The van der Waals surface area contributed by atoms with Crippen LogP contribution in [-0.4, -0.2) is 29.6 Å². The number of rotatable bonds is 8. The number of carboxylic acids is 1. The summed E-state index contributed by atoms with van der Waals surface area (Å²) in [6, 6.07) is 5.88. The highest BCUT2D eigenvalue weighted by Crippen LogP contribution is 2.14. The van der Waals surface area contributed by atoms with Crippen LogP contribution >= 0.6 is 0 Å². The minimum absolute atomic E-state index is 0.186. The Morgan fingerprint density at radius 1 is 1.33 bits per heavy atom. The molecule has 0 saturated heterocycles. The predicted octanol–water partition coefficient (Wildman–Crippen LogP) is 2.70. The Kier molecular flexibility index (Phi) is 6.72. The second-order valence-corrected chi connectivity index (χ2v) is 5.37. The van der Waals surface area contributed by atoms with E-state index in [1.807, 2.05) is 20.8 Å². The van der Waals surface area contributed by atoms with Gasteiger partial charge in [-0.1, -0.05) is 26.8 Å². The van der Waals surface area contributed by atoms with E-state index < -0.39 is 17.9 Å². The van der Waals surface area contributed by atoms with Gasteiger partial charge < -0.3 is 15.2 Å². The van der Waals surface area contributed by atoms with Crippen molar-refractivity contribution in [3.05, 3.63) is 29.8 Å². The number of nitrogens with one attached hydrogen (secondary N) is 1. The van der Waals surface area contributed by atoms with E-state index in [0.29, 0.717) is 24.3 Å². The molecule has 116 valence electrons. The number of hydrogen-bond acceptors (Lipinski definition) is 3. The van der Waals surface area contributed by atoms with Gasteiger partial charge in [0.25, 0.3) is 5.91 Å². The van der Waals surface area contributed by atoms with Crippen LogP contribution in [0.15, 0.2) is 24.3 Å². The first kappa shape index (κ1) is 17.0. The maximum atomic E-state index is 12.1. The van der Waals surface area contributed by atoms with Crippen LogP contribution in [0.2, 0.25) is 0 Å². The van der Waals surface area contributed by atoms with Crippen molar-refractivity contribution in [2.45, 2.75) is 39.7 Å². The van der Waals surface area contributed by atoms with Crippen molar-refractivity contribution < 1.29 is 19.4 Å². The van der Waals surface area contributed by atoms with Crippen molar-refractivity contribution in [2.24, 2.45) is 5.92 Å². The van der Waals surface area contributed by atoms with E-state index in [-0.39, 0.29) is 5.92 Å². The number of hydrogen-bond donors (Lipinski definition) is 2. The van der Waals surface area contributed by atoms with E-state index in [1.54, 1.807) is 24.3 Å². The molecule has 1 atom stereocenters. The van der Waals surface area contributed by atoms with Crippen molar-refractivity contribution in [3.8, 4) is 5.75 Å². The molecule has 1 aromatic carbocycles. The third kappa shape index (κ3) is 5.85. The molecule has 1 unspecified atom stereocenters. The van der Waals surface area contributed by atoms with E-state index in [4.69, 9.17) is 9.84 Å². The van der Waals surface area contributed by atoms with Crippen LogP contribution in [-0.2, 0) is 4.79 Å². The number of carboxylic acid groups (broad SMARTS) is 1. The summed E-state index contributed by atoms with van der Waals surface area (Å²) in [7, 11) is 0. The van der Waals surface area contributed by atoms with Gasteiger partial charge in [-0.2, -0.15) is 0 Å². The fourth-order valence-corrected chi connectivity index (χ4v) is 1.88. The van der Waals surface area contributed by atoms with E-state index >= 15 is 0 Å². The van der Waals surface area contributed by atoms with E-state index in [2.05, 4.69) is 5.32 Å². The quantitative estimate of drug-likeness (QED) is 0.772. The second kappa shape index (κ2) is 8.29. The largest absolute Gasteiger partial charge is 0.494 e. The fourth-order valence-electron chi connectivity index (χ4n) is 1.88. The zero-order chi connectivity index (χ0) is 15.8. The molecule has 0 saturated carbocycles. The average molecular weight is 293 g/mol. The lowest BCUT2D eigenvalue weighted by atomic mass is 10.0. The summed E-state index contributed by atoms with van der Waals surface area (Å²) in [5, 5.41) is 11.7. The Labute approximate surface area is 125 Å². The lowest BCUT2D eigenvalue weighted by Crippen LogP contribution is -2.41. The molecule has 1 rings (SSSR count). The Morgan fingerprint density at radius 3 is 2.62 bits per heavy atom. The Balaban J connectivity index is 2.75. The van der Waals surface area contributed by atoms with Gasteiger partial charge in [-0.15, -0.1) is 0 Å². The molecule has 0 fully saturated rings. The third-order valence-electron chi connectivity index (χ3n) is 2.88. The first-order valence-electron chi connectivity index (χ1n) is 7.20. The zero-order valence-corrected chi connectivity index (χ0v) is 12.8. The average Bonchev–Trinajstić information content (AvgIpc) is 2.44. The first-order chi connectivity index (χ1) is 9.93. The van der Waals surface area contributed by atoms with Crippen molar-refractivity contribution in [1.82, 2.24) is 5.32 Å². The number of carbonyl (C=O) groups excluding carboxylic acids is 1. The molecule has 0 radical (unpaired) electrons. The summed E-state index contributed by atoms with van der Waals surface area (Å²) >= 11 is 0. The van der Waals surface area contributed by atoms with Crippen LogP contribution in [0.25, 0.3) is 0 Å². The molecule has 2 N–H and O–H groups in total. The summed E-state index contributed by atoms with van der Waals surface area (Å²) in [6.07, 6.45) is 1.28. The molecule has 0 heterocycles. The second-order valence-electron chi connectivity index (χ2n) is 5.37. The van der Waals surface area contributed by atoms with Crippen molar-refractivity contribution in [3.63, 3.8) is 0 Å². The molecule has 5 nitrogen and oxygen atoms in total. The van der Waals surface area contributed by atoms with Crippen LogP contribution in [0.3, 0.4) is 0 Å². The van der Waals surface area contributed by atoms with Crippen molar-refractivity contribution in [2.75, 3.05) is 6.61 Å². The lowest BCUT2D eigenvalue weighted by molar-refractivity contribution is -0.139. The molecule has 0 bridgehead atoms. The molecular formula is C16H23NO4. The highest BCUT2D eigenvalue weighted by molar-refractivity contribution is 5.96. The number of carbonyl (C=O) groups is 2. The molecule has 0 spiro atoms. The lowest BCUT2D eigenvalue weighted by Gasteiger charge is -2.16. The SMILES string of the molecule is CCCOc1cccc(C(=O)NC(CC(C)C)C(=O)O)c1. The van der Waals surface area contributed by atoms with Gasteiger partial charge in [0, 0.05) is 5.56 Å². The van der Waals surface area contributed by atoms with Gasteiger partial charge >= 0.3 is 5.97 Å². The van der Waals surface area contributed by atoms with Crippen LogP contribution in [0.4, 0.5) is 0 Å². The molecule has 0 aliphatic rings. The summed E-state index contributed by atoms with van der Waals surface area (Å²) in [6.45, 7) is 6.42. The highest BCUT2D eigenvalue weighted by atomic mass is 16.5. The van der Waals surface area contributed by atoms with Crippen molar-refractivity contribution in [1.29, 1.82) is 0 Å². The number of aliphatic carboxylic acids is 1. The van der Waals surface area contributed by atoms with E-state index in [9.17, 15) is 9.59 Å². The van der Waals surface area contributed by atoms with Gasteiger partial charge in [0.15, 0.2) is 0 Å². The zero-order valence-electron chi connectivity index (χ0n) is 12.8. The number of ether oxygens (including phenoxy) is 1. The first-order valence-corrected chi connectivity index (χ1v) is 7.20. The van der Waals surface area contributed by atoms with Gasteiger partial charge in [0.1, 0.15) is 11.8 Å². The third-order valence-corrected chi connectivity index (χ3v) is 2.88. The molecule has 0 aromatic heterocycles. The molecule has 0 aliphatic heterocycles. The van der Waals surface area contributed by atoms with Gasteiger partial charge in [-0.05, 0) is 37.0 Å². The van der Waals surface area contributed by atoms with Crippen LogP contribution < -0.4 is 10.1 Å². The smallest absolute Gasteiger partial charge is 0.326 e. The van der Waals surface area contributed by atoms with Crippen molar-refractivity contribution >= 4 is 11.9 Å². The maximum absolute atomic E-state index is 12.1. The molecule has 5 heteroatoms. The predicted molar refractivity (Wildman–Crippen MR) is 80.6 cm³/mol. The molecule has 1 aromatic rings. The van der Waals surface area contributed by atoms with Gasteiger partial charge in [0.05, 0.1) is 6.61 Å². The minimum atomic E-state index is -1.02. The monoisotopic (exact) mass is 293 g/mol. The fraction of sp³-hybridized carbons (Fsp3) is 0.500. The summed E-state index contributed by atoms with van der Waals surface area (Å²) in [5.41, 5.74) is 0.401. The van der Waals surface area contributed by atoms with Crippen LogP contribution in [0.1, 0.15) is 44.0 Å². The minimum Gasteiger partial charge on any atom is -0.494 e. The summed E-state index contributed by atoms with van der Waals surface area (Å²) in [4.78, 5) is 23.3. The highest BCUT2D eigenvalue weighted by Gasteiger charge is 2.21. The van der Waals surface area contributed by atoms with E-state index in [1.165, 1.54) is 0 Å². The van der Waals surface area contributed by atoms with Crippen LogP contribution in [0.5, 0.6) is 5.75 Å². The normalized spacial score (nSPS) is 12.0. The molecular weight excluding hydrogens is 270 g/mol. The standard InChI is InChI=1S/C16H23NO4/c1-4-8-21-13-7-5-6-12(10-13)15(18)17-14(16(19)20)9-11(2)3/h5-7,10-11,14H,4,8-9H2,1-3H3,(H,17,18)(H,19,20).